The fraction of sp³-hybridized carbons (Fsp3) is 0.500. The summed E-state index contributed by atoms with van der Waals surface area (Å²) in [5, 5.41) is 15.7. The molecule has 6 nitrogen and oxygen atoms in total. The average Bonchev–Trinajstić information content (AvgIpc) is 2.93. The summed E-state index contributed by atoms with van der Waals surface area (Å²) >= 11 is 5.95. The lowest BCUT2D eigenvalue weighted by molar-refractivity contribution is -0.122. The van der Waals surface area contributed by atoms with Crippen LogP contribution in [-0.4, -0.2) is 32.2 Å². The van der Waals surface area contributed by atoms with Gasteiger partial charge in [0.05, 0.1) is 0 Å². The van der Waals surface area contributed by atoms with Gasteiger partial charge in [-0.05, 0) is 43.0 Å². The maximum atomic E-state index is 12.0. The molecule has 1 heterocycles. The highest BCUT2D eigenvalue weighted by Crippen LogP contribution is 2.18. The summed E-state index contributed by atoms with van der Waals surface area (Å²) in [5.74, 6) is 0.969. The first kappa shape index (κ1) is 17.4. The van der Waals surface area contributed by atoms with Crippen molar-refractivity contribution >= 4 is 17.5 Å². The van der Waals surface area contributed by atoms with E-state index in [0.29, 0.717) is 16.8 Å². The highest BCUT2D eigenvalue weighted by molar-refractivity contribution is 6.30. The highest BCUT2D eigenvalue weighted by Gasteiger charge is 2.12. The van der Waals surface area contributed by atoms with Gasteiger partial charge in [0.1, 0.15) is 6.54 Å². The van der Waals surface area contributed by atoms with Crippen LogP contribution in [0.3, 0.4) is 0 Å². The molecule has 1 aromatic carbocycles. The van der Waals surface area contributed by atoms with Crippen LogP contribution >= 0.6 is 11.6 Å². The number of halogens is 1. The van der Waals surface area contributed by atoms with Gasteiger partial charge in [-0.2, -0.15) is 4.80 Å². The van der Waals surface area contributed by atoms with Crippen LogP contribution in [0.4, 0.5) is 0 Å². The van der Waals surface area contributed by atoms with Crippen LogP contribution in [0.2, 0.25) is 5.02 Å². The number of hydrogen-bond donors (Lipinski definition) is 1. The van der Waals surface area contributed by atoms with E-state index in [1.54, 1.807) is 12.1 Å². The van der Waals surface area contributed by atoms with Crippen LogP contribution in [0.15, 0.2) is 24.3 Å². The number of nitrogens with one attached hydrogen (secondary N) is 1. The minimum atomic E-state index is -0.115. The van der Waals surface area contributed by atoms with Gasteiger partial charge in [-0.15, -0.1) is 10.2 Å². The summed E-state index contributed by atoms with van der Waals surface area (Å²) in [6.45, 7) is 6.41. The molecule has 0 spiro atoms. The second-order valence-corrected chi connectivity index (χ2v) is 6.53. The zero-order chi connectivity index (χ0) is 16.8. The van der Waals surface area contributed by atoms with Gasteiger partial charge in [-0.25, -0.2) is 0 Å². The van der Waals surface area contributed by atoms with E-state index < -0.39 is 0 Å². The minimum Gasteiger partial charge on any atom is -0.352 e. The molecule has 1 amide bonds. The molecule has 1 atom stereocenters. The van der Waals surface area contributed by atoms with E-state index in [2.05, 4.69) is 34.6 Å². The van der Waals surface area contributed by atoms with Gasteiger partial charge in [0.2, 0.25) is 11.7 Å². The zero-order valence-corrected chi connectivity index (χ0v) is 14.4. The average molecular weight is 336 g/mol. The molecule has 7 heteroatoms. The molecule has 0 unspecified atom stereocenters. The van der Waals surface area contributed by atoms with Crippen LogP contribution in [0.1, 0.15) is 33.6 Å². The summed E-state index contributed by atoms with van der Waals surface area (Å²) in [6.07, 6.45) is 2.05. The third-order valence-electron chi connectivity index (χ3n) is 3.41. The number of amides is 1. The van der Waals surface area contributed by atoms with E-state index >= 15 is 0 Å². The molecule has 0 fully saturated rings. The molecule has 1 aromatic heterocycles. The molecule has 0 aliphatic heterocycles. The van der Waals surface area contributed by atoms with E-state index in [4.69, 9.17) is 11.6 Å². The molecule has 124 valence electrons. The number of tetrazole rings is 1. The van der Waals surface area contributed by atoms with Crippen molar-refractivity contribution in [2.45, 2.75) is 46.2 Å². The van der Waals surface area contributed by atoms with Gasteiger partial charge in [-0.1, -0.05) is 37.6 Å². The lowest BCUT2D eigenvalue weighted by Crippen LogP contribution is -2.35. The molecular formula is C16H22ClN5O. The summed E-state index contributed by atoms with van der Waals surface area (Å²) in [6, 6.07) is 7.35. The predicted octanol–water partition coefficient (Wildman–Crippen LogP) is 2.93. The normalized spacial score (nSPS) is 12.4. The Balaban J connectivity index is 1.90. The maximum Gasteiger partial charge on any atom is 0.243 e. The molecule has 0 aliphatic carbocycles. The van der Waals surface area contributed by atoms with E-state index in [1.165, 1.54) is 4.80 Å². The van der Waals surface area contributed by atoms with Crippen molar-refractivity contribution in [2.24, 2.45) is 5.92 Å². The fourth-order valence-corrected chi connectivity index (χ4v) is 2.35. The van der Waals surface area contributed by atoms with E-state index in [-0.39, 0.29) is 18.5 Å². The van der Waals surface area contributed by atoms with Gasteiger partial charge < -0.3 is 5.32 Å². The summed E-state index contributed by atoms with van der Waals surface area (Å²) in [7, 11) is 0. The Hall–Kier alpha value is -1.95. The van der Waals surface area contributed by atoms with Crippen LogP contribution in [0.25, 0.3) is 11.4 Å². The van der Waals surface area contributed by atoms with E-state index in [0.717, 1.165) is 18.4 Å². The number of rotatable bonds is 7. The summed E-state index contributed by atoms with van der Waals surface area (Å²) < 4.78 is 0. The Bertz CT molecular complexity index is 655. The predicted molar refractivity (Wildman–Crippen MR) is 89.9 cm³/mol. The summed E-state index contributed by atoms with van der Waals surface area (Å²) in [5.41, 5.74) is 0.773. The minimum absolute atomic E-state index is 0.0551. The topological polar surface area (TPSA) is 72.7 Å². The Morgan fingerprint density at radius 1 is 1.30 bits per heavy atom. The van der Waals surface area contributed by atoms with E-state index in [1.807, 2.05) is 19.1 Å². The Morgan fingerprint density at radius 2 is 2.09 bits per heavy atom. The molecule has 2 aromatic rings. The lowest BCUT2D eigenvalue weighted by atomic mass is 10.0. The molecule has 0 saturated heterocycles. The van der Waals surface area contributed by atoms with Gasteiger partial charge >= 0.3 is 0 Å². The van der Waals surface area contributed by atoms with Gasteiger partial charge in [0.25, 0.3) is 0 Å². The second-order valence-electron chi connectivity index (χ2n) is 6.09. The zero-order valence-electron chi connectivity index (χ0n) is 13.7. The van der Waals surface area contributed by atoms with Crippen LogP contribution < -0.4 is 5.32 Å². The number of carbonyl (C=O) groups is 1. The second kappa shape index (κ2) is 8.06. The number of nitrogens with zero attached hydrogens (tertiary/aromatic N) is 4. The first-order valence-corrected chi connectivity index (χ1v) is 8.15. The number of aromatic nitrogens is 4. The number of benzene rings is 1. The number of hydrogen-bond acceptors (Lipinski definition) is 4. The molecule has 0 radical (unpaired) electrons. The summed E-state index contributed by atoms with van der Waals surface area (Å²) in [4.78, 5) is 13.3. The van der Waals surface area contributed by atoms with Crippen molar-refractivity contribution in [1.82, 2.24) is 25.5 Å². The number of carbonyl (C=O) groups excluding carboxylic acids is 1. The van der Waals surface area contributed by atoms with Crippen LogP contribution in [0.5, 0.6) is 0 Å². The molecular weight excluding hydrogens is 314 g/mol. The molecule has 1 N–H and O–H groups in total. The Labute approximate surface area is 141 Å². The van der Waals surface area contributed by atoms with Crippen LogP contribution in [0, 0.1) is 5.92 Å². The quantitative estimate of drug-likeness (QED) is 0.844. The third kappa shape index (κ3) is 5.63. The Morgan fingerprint density at radius 3 is 2.78 bits per heavy atom. The van der Waals surface area contributed by atoms with Crippen molar-refractivity contribution in [3.05, 3.63) is 29.3 Å². The van der Waals surface area contributed by atoms with Crippen molar-refractivity contribution < 1.29 is 4.79 Å². The van der Waals surface area contributed by atoms with Crippen molar-refractivity contribution in [1.29, 1.82) is 0 Å². The first-order valence-electron chi connectivity index (χ1n) is 7.77. The molecule has 23 heavy (non-hydrogen) atoms. The maximum absolute atomic E-state index is 12.0. The molecule has 0 aliphatic rings. The van der Waals surface area contributed by atoms with Crippen molar-refractivity contribution in [3.63, 3.8) is 0 Å². The highest BCUT2D eigenvalue weighted by atomic mass is 35.5. The third-order valence-corrected chi connectivity index (χ3v) is 3.64. The van der Waals surface area contributed by atoms with Crippen molar-refractivity contribution in [3.8, 4) is 11.4 Å². The van der Waals surface area contributed by atoms with Gasteiger partial charge in [0.15, 0.2) is 0 Å². The fourth-order valence-electron chi connectivity index (χ4n) is 2.16. The lowest BCUT2D eigenvalue weighted by Gasteiger charge is -2.14. The SMILES string of the molecule is CC(C)CC[C@@H](C)NC(=O)Cn1nnc(-c2cccc(Cl)c2)n1. The van der Waals surface area contributed by atoms with Crippen molar-refractivity contribution in [2.75, 3.05) is 0 Å². The Kier molecular flexibility index (Phi) is 6.10. The van der Waals surface area contributed by atoms with Crippen LogP contribution in [-0.2, 0) is 11.3 Å². The monoisotopic (exact) mass is 335 g/mol. The standard InChI is InChI=1S/C16H22ClN5O/c1-11(2)7-8-12(3)18-15(23)10-22-20-16(19-21-22)13-5-4-6-14(17)9-13/h4-6,9,11-12H,7-8,10H2,1-3H3,(H,18,23)/t12-/m1/s1. The first-order chi connectivity index (χ1) is 10.9. The largest absolute Gasteiger partial charge is 0.352 e. The molecule has 0 saturated carbocycles. The molecule has 0 bridgehead atoms. The van der Waals surface area contributed by atoms with E-state index in [9.17, 15) is 4.79 Å². The van der Waals surface area contributed by atoms with Gasteiger partial charge in [-0.3, -0.25) is 4.79 Å². The molecule has 2 rings (SSSR count). The van der Waals surface area contributed by atoms with Gasteiger partial charge in [0, 0.05) is 16.6 Å². The smallest absolute Gasteiger partial charge is 0.243 e.